The van der Waals surface area contributed by atoms with Gasteiger partial charge in [-0.1, -0.05) is 0 Å². The zero-order valence-corrected chi connectivity index (χ0v) is 22.2. The number of fused-ring (bicyclic) bond motifs is 2. The van der Waals surface area contributed by atoms with Gasteiger partial charge in [0.25, 0.3) is 15.6 Å². The summed E-state index contributed by atoms with van der Waals surface area (Å²) in [7, 11) is -2.27. The molecule has 0 aliphatic carbocycles. The normalized spacial score (nSPS) is 13.5. The van der Waals surface area contributed by atoms with Gasteiger partial charge < -0.3 is 10.6 Å². The lowest BCUT2D eigenvalue weighted by Gasteiger charge is -2.17. The Morgan fingerprint density at radius 3 is 2.59 bits per heavy atom. The predicted octanol–water partition coefficient (Wildman–Crippen LogP) is 3.91. The number of carbonyl (C=O) groups excluding carboxylic acids is 1. The van der Waals surface area contributed by atoms with Crippen LogP contribution in [-0.2, 0) is 14.8 Å². The van der Waals surface area contributed by atoms with E-state index in [4.69, 9.17) is 0 Å². The molecule has 2 aromatic carbocycles. The molecule has 3 N–H and O–H groups in total. The van der Waals surface area contributed by atoms with E-state index in [1.165, 1.54) is 54.3 Å². The number of aromatic nitrogens is 2. The van der Waals surface area contributed by atoms with Crippen LogP contribution in [0.15, 0.2) is 67.1 Å². The lowest BCUT2D eigenvalue weighted by atomic mass is 10.2. The molecule has 37 heavy (non-hydrogen) atoms. The van der Waals surface area contributed by atoms with Gasteiger partial charge in [-0.25, -0.2) is 9.37 Å². The Kier molecular flexibility index (Phi) is 7.61. The van der Waals surface area contributed by atoms with Crippen molar-refractivity contribution in [3.8, 4) is 5.69 Å². The molecule has 1 aliphatic heterocycles. The van der Waals surface area contributed by atoms with Crippen molar-refractivity contribution in [2.24, 2.45) is 4.40 Å². The summed E-state index contributed by atoms with van der Waals surface area (Å²) < 4.78 is 47.2. The van der Waals surface area contributed by atoms with E-state index in [1.54, 1.807) is 24.5 Å². The maximum Gasteiger partial charge on any atom is 0.286 e. The van der Waals surface area contributed by atoms with Crippen LogP contribution in [0, 0.1) is 12.7 Å². The summed E-state index contributed by atoms with van der Waals surface area (Å²) >= 11 is 3.01. The van der Waals surface area contributed by atoms with Crippen LogP contribution in [0.2, 0.25) is 0 Å². The van der Waals surface area contributed by atoms with Crippen molar-refractivity contribution in [2.75, 3.05) is 17.7 Å². The van der Waals surface area contributed by atoms with Crippen LogP contribution in [0.4, 0.5) is 15.8 Å². The number of thiophene rings is 1. The predicted molar refractivity (Wildman–Crippen MR) is 145 cm³/mol. The fraction of sp³-hybridized carbons (Fsp3) is 0.130. The second-order valence-corrected chi connectivity index (χ2v) is 11.7. The number of halogens is 1. The minimum Gasteiger partial charge on any atom is -0.388 e. The van der Waals surface area contributed by atoms with Crippen LogP contribution < -0.4 is 20.9 Å². The second-order valence-electron chi connectivity index (χ2n) is 7.68. The molecule has 0 unspecified atom stereocenters. The van der Waals surface area contributed by atoms with Gasteiger partial charge in [0.05, 0.1) is 26.5 Å². The van der Waals surface area contributed by atoms with E-state index in [-0.39, 0.29) is 21.8 Å². The molecule has 0 spiro atoms. The summed E-state index contributed by atoms with van der Waals surface area (Å²) in [4.78, 5) is 28.1. The highest BCUT2D eigenvalue weighted by Crippen LogP contribution is 2.30. The van der Waals surface area contributed by atoms with E-state index in [9.17, 15) is 22.4 Å². The molecule has 2 aromatic heterocycles. The van der Waals surface area contributed by atoms with Gasteiger partial charge in [0.1, 0.15) is 22.9 Å². The number of amidine groups is 1. The zero-order valence-electron chi connectivity index (χ0n) is 19.8. The minimum absolute atomic E-state index is 0.0148. The van der Waals surface area contributed by atoms with Crippen molar-refractivity contribution < 1.29 is 17.6 Å². The maximum absolute atomic E-state index is 14.4. The summed E-state index contributed by atoms with van der Waals surface area (Å²) in [5, 5.41) is 5.71. The average Bonchev–Trinajstić information content (AvgIpc) is 3.27. The number of carbonyl (C=O) groups is 1. The molecule has 0 saturated carbocycles. The first-order valence-electron chi connectivity index (χ1n) is 10.7. The number of sulfonamides is 1. The van der Waals surface area contributed by atoms with Gasteiger partial charge in [-0.05, 0) is 68.3 Å². The molecule has 10 nitrogen and oxygen atoms in total. The Balaban J connectivity index is 0.000000270. The number of rotatable bonds is 5. The highest BCUT2D eigenvalue weighted by Gasteiger charge is 2.25. The first-order valence-corrected chi connectivity index (χ1v) is 13.7. The standard InChI is InChI=1S/C17H14FN5O3S.C6H7NOS2/c1-9-21-14-7-13-11(6-16(14)27(25,26)22-9)17(24)23(8-20-13)15-4-3-10(19-2)5-12(15)18;1-5-2-3-6(9-5)10-7-4-8/h3-8,19H,1-2H3,(H,21,22);2-4H,1H3,(H,7,8). The second kappa shape index (κ2) is 10.7. The molecular formula is C23H21FN6O4S3. The number of hydrogen-bond donors (Lipinski definition) is 3. The number of aryl methyl sites for hydroxylation is 1. The van der Waals surface area contributed by atoms with E-state index in [0.717, 1.165) is 8.78 Å². The molecular weight excluding hydrogens is 539 g/mol. The molecule has 192 valence electrons. The monoisotopic (exact) mass is 560 g/mol. The van der Waals surface area contributed by atoms with Crippen LogP contribution >= 0.6 is 23.3 Å². The van der Waals surface area contributed by atoms with Crippen molar-refractivity contribution in [1.29, 1.82) is 0 Å². The fourth-order valence-corrected chi connectivity index (χ4v) is 6.24. The van der Waals surface area contributed by atoms with Crippen molar-refractivity contribution >= 4 is 67.8 Å². The van der Waals surface area contributed by atoms with E-state index in [2.05, 4.69) is 24.7 Å². The topological polar surface area (TPSA) is 135 Å². The van der Waals surface area contributed by atoms with Crippen LogP contribution in [-0.4, -0.2) is 37.3 Å². The molecule has 0 radical (unpaired) electrons. The molecule has 5 rings (SSSR count). The third-order valence-corrected chi connectivity index (χ3v) is 8.38. The number of hydrogen-bond acceptors (Lipinski definition) is 9. The molecule has 0 saturated heterocycles. The first kappa shape index (κ1) is 26.3. The fourth-order valence-electron chi connectivity index (χ4n) is 3.49. The Hall–Kier alpha value is -3.75. The number of amides is 1. The van der Waals surface area contributed by atoms with Crippen LogP contribution in [0.1, 0.15) is 11.8 Å². The molecule has 14 heteroatoms. The van der Waals surface area contributed by atoms with Crippen molar-refractivity contribution in [3.05, 3.63) is 69.8 Å². The minimum atomic E-state index is -3.93. The molecule has 1 amide bonds. The SMILES string of the molecule is CNc1ccc(-n2cnc3cc4c(cc3c2=O)S(=O)(=O)N=C(C)N4)c(F)c1.Cc1ccc(SNC=O)s1. The van der Waals surface area contributed by atoms with E-state index < -0.39 is 21.4 Å². The molecule has 3 heterocycles. The largest absolute Gasteiger partial charge is 0.388 e. The maximum atomic E-state index is 14.4. The number of benzene rings is 2. The number of anilines is 2. The van der Waals surface area contributed by atoms with Gasteiger partial charge in [0.15, 0.2) is 0 Å². The zero-order chi connectivity index (χ0) is 26.7. The summed E-state index contributed by atoms with van der Waals surface area (Å²) in [5.74, 6) is -0.389. The Bertz CT molecular complexity index is 1700. The highest BCUT2D eigenvalue weighted by atomic mass is 32.2. The quantitative estimate of drug-likeness (QED) is 0.247. The smallest absolute Gasteiger partial charge is 0.286 e. The average molecular weight is 561 g/mol. The van der Waals surface area contributed by atoms with Crippen LogP contribution in [0.3, 0.4) is 0 Å². The van der Waals surface area contributed by atoms with E-state index in [1.807, 2.05) is 19.1 Å². The van der Waals surface area contributed by atoms with Gasteiger partial charge in [-0.15, -0.1) is 15.7 Å². The Morgan fingerprint density at radius 1 is 1.16 bits per heavy atom. The summed E-state index contributed by atoms with van der Waals surface area (Å²) in [5.41, 5.74) is 0.572. The summed E-state index contributed by atoms with van der Waals surface area (Å²) in [6, 6.07) is 11.0. The molecule has 0 bridgehead atoms. The van der Waals surface area contributed by atoms with Gasteiger partial charge in [-0.2, -0.15) is 8.42 Å². The molecule has 0 atom stereocenters. The van der Waals surface area contributed by atoms with Crippen LogP contribution in [0.5, 0.6) is 0 Å². The Labute approximate surface area is 219 Å². The molecule has 0 fully saturated rings. The van der Waals surface area contributed by atoms with Gasteiger partial charge >= 0.3 is 0 Å². The van der Waals surface area contributed by atoms with Crippen LogP contribution in [0.25, 0.3) is 16.6 Å². The number of nitrogens with one attached hydrogen (secondary N) is 3. The lowest BCUT2D eigenvalue weighted by Crippen LogP contribution is -2.22. The molecule has 1 aliphatic rings. The van der Waals surface area contributed by atoms with E-state index >= 15 is 0 Å². The van der Waals surface area contributed by atoms with Gasteiger partial charge in [0.2, 0.25) is 6.41 Å². The third kappa shape index (κ3) is 5.65. The lowest BCUT2D eigenvalue weighted by molar-refractivity contribution is -0.107. The summed E-state index contributed by atoms with van der Waals surface area (Å²) in [6.45, 7) is 3.56. The van der Waals surface area contributed by atoms with Crippen molar-refractivity contribution in [3.63, 3.8) is 0 Å². The van der Waals surface area contributed by atoms with Crippen molar-refractivity contribution in [2.45, 2.75) is 23.0 Å². The van der Waals surface area contributed by atoms with Gasteiger partial charge in [0, 0.05) is 17.6 Å². The van der Waals surface area contributed by atoms with Gasteiger partial charge in [-0.3, -0.25) is 18.9 Å². The first-order chi connectivity index (χ1) is 17.6. The van der Waals surface area contributed by atoms with Crippen molar-refractivity contribution in [1.82, 2.24) is 14.3 Å². The highest BCUT2D eigenvalue weighted by molar-refractivity contribution is 7.99. The summed E-state index contributed by atoms with van der Waals surface area (Å²) in [6.07, 6.45) is 1.90. The number of nitrogens with zero attached hydrogens (tertiary/aromatic N) is 3. The molecule has 4 aromatic rings. The van der Waals surface area contributed by atoms with E-state index in [0.29, 0.717) is 23.3 Å². The third-order valence-electron chi connectivity index (χ3n) is 5.13. The Morgan fingerprint density at radius 2 is 1.95 bits per heavy atom.